The Bertz CT molecular complexity index is 451. The van der Waals surface area contributed by atoms with E-state index in [2.05, 4.69) is 29.1 Å². The molecule has 1 rings (SSSR count). The van der Waals surface area contributed by atoms with Gasteiger partial charge in [-0.2, -0.15) is 0 Å². The Balaban J connectivity index is 2.64. The van der Waals surface area contributed by atoms with Crippen molar-refractivity contribution < 1.29 is 14.6 Å². The number of aliphatic hydroxyl groups excluding tert-OH is 1. The topological polar surface area (TPSA) is 58.6 Å². The number of ether oxygens (including phenoxy) is 1. The van der Waals surface area contributed by atoms with E-state index >= 15 is 0 Å². The number of hydrogen-bond acceptors (Lipinski definition) is 4. The molecule has 0 aliphatic heterocycles. The Labute approximate surface area is 120 Å². The monoisotopic (exact) mass is 277 g/mol. The average molecular weight is 277 g/mol. The summed E-state index contributed by atoms with van der Waals surface area (Å²) in [5, 5.41) is 12.0. The van der Waals surface area contributed by atoms with Crippen molar-refractivity contribution in [3.63, 3.8) is 0 Å². The van der Waals surface area contributed by atoms with E-state index in [-0.39, 0.29) is 12.6 Å². The van der Waals surface area contributed by atoms with Gasteiger partial charge in [0.05, 0.1) is 13.7 Å². The molecule has 0 saturated heterocycles. The van der Waals surface area contributed by atoms with Gasteiger partial charge in [-0.15, -0.1) is 0 Å². The standard InChI is InChI=1S/C16H23NO3/c1-12(10-16(19)20-3)15-6-4-14(5-7-15)11-13(2)17-8-9-18/h4-7,10,13,17-18H,8-9,11H2,1-3H3/b12-10+. The summed E-state index contributed by atoms with van der Waals surface area (Å²) in [7, 11) is 1.37. The van der Waals surface area contributed by atoms with Gasteiger partial charge in [-0.3, -0.25) is 0 Å². The fourth-order valence-electron chi connectivity index (χ4n) is 1.96. The minimum Gasteiger partial charge on any atom is -0.466 e. The van der Waals surface area contributed by atoms with Gasteiger partial charge in [0.2, 0.25) is 0 Å². The third-order valence-corrected chi connectivity index (χ3v) is 3.09. The molecule has 0 saturated carbocycles. The number of benzene rings is 1. The summed E-state index contributed by atoms with van der Waals surface area (Å²) in [5.41, 5.74) is 3.11. The zero-order valence-electron chi connectivity index (χ0n) is 12.3. The van der Waals surface area contributed by atoms with E-state index < -0.39 is 0 Å². The summed E-state index contributed by atoms with van der Waals surface area (Å²) in [6.45, 7) is 4.74. The molecule has 2 N–H and O–H groups in total. The lowest BCUT2D eigenvalue weighted by Crippen LogP contribution is -2.30. The number of rotatable bonds is 7. The van der Waals surface area contributed by atoms with Gasteiger partial charge in [0, 0.05) is 18.7 Å². The van der Waals surface area contributed by atoms with E-state index in [1.807, 2.05) is 19.1 Å². The quantitative estimate of drug-likeness (QED) is 0.589. The molecule has 0 aliphatic rings. The van der Waals surface area contributed by atoms with Crippen molar-refractivity contribution in [2.75, 3.05) is 20.3 Å². The second-order valence-electron chi connectivity index (χ2n) is 4.83. The van der Waals surface area contributed by atoms with Crippen LogP contribution in [0.4, 0.5) is 0 Å². The summed E-state index contributed by atoms with van der Waals surface area (Å²) < 4.78 is 4.61. The number of carbonyl (C=O) groups excluding carboxylic acids is 1. The molecule has 4 heteroatoms. The molecule has 0 radical (unpaired) electrons. The first-order valence-corrected chi connectivity index (χ1v) is 6.76. The molecule has 4 nitrogen and oxygen atoms in total. The molecule has 1 aromatic rings. The van der Waals surface area contributed by atoms with E-state index in [4.69, 9.17) is 5.11 Å². The van der Waals surface area contributed by atoms with Crippen LogP contribution in [0.1, 0.15) is 25.0 Å². The van der Waals surface area contributed by atoms with Crippen LogP contribution in [-0.4, -0.2) is 37.4 Å². The van der Waals surface area contributed by atoms with E-state index in [0.29, 0.717) is 12.6 Å². The van der Waals surface area contributed by atoms with Crippen molar-refractivity contribution >= 4 is 11.5 Å². The average Bonchev–Trinajstić information content (AvgIpc) is 2.45. The Morgan fingerprint density at radius 2 is 2.05 bits per heavy atom. The lowest BCUT2D eigenvalue weighted by molar-refractivity contribution is -0.134. The molecule has 1 aromatic carbocycles. The summed E-state index contributed by atoms with van der Waals surface area (Å²) in [6, 6.07) is 8.44. The molecule has 20 heavy (non-hydrogen) atoms. The van der Waals surface area contributed by atoms with Crippen LogP contribution in [0.2, 0.25) is 0 Å². The highest BCUT2D eigenvalue weighted by molar-refractivity contribution is 5.90. The fraction of sp³-hybridized carbons (Fsp3) is 0.438. The Morgan fingerprint density at radius 1 is 1.40 bits per heavy atom. The number of hydrogen-bond donors (Lipinski definition) is 2. The highest BCUT2D eigenvalue weighted by Crippen LogP contribution is 2.15. The summed E-state index contributed by atoms with van der Waals surface area (Å²) in [5.74, 6) is -0.339. The number of carbonyl (C=O) groups is 1. The molecule has 0 fully saturated rings. The normalized spacial score (nSPS) is 13.1. The fourth-order valence-corrected chi connectivity index (χ4v) is 1.96. The number of allylic oxidation sites excluding steroid dienone is 1. The predicted octanol–water partition coefficient (Wildman–Crippen LogP) is 1.78. The highest BCUT2D eigenvalue weighted by Gasteiger charge is 2.04. The van der Waals surface area contributed by atoms with E-state index in [9.17, 15) is 4.79 Å². The first-order chi connectivity index (χ1) is 9.56. The number of nitrogens with one attached hydrogen (secondary N) is 1. The van der Waals surface area contributed by atoms with Crippen LogP contribution >= 0.6 is 0 Å². The van der Waals surface area contributed by atoms with Gasteiger partial charge in [-0.05, 0) is 37.0 Å². The summed E-state index contributed by atoms with van der Waals surface area (Å²) >= 11 is 0. The molecular formula is C16H23NO3. The highest BCUT2D eigenvalue weighted by atomic mass is 16.5. The summed E-state index contributed by atoms with van der Waals surface area (Å²) in [4.78, 5) is 11.2. The number of esters is 1. The van der Waals surface area contributed by atoms with Crippen molar-refractivity contribution in [2.45, 2.75) is 26.3 Å². The van der Waals surface area contributed by atoms with Crippen LogP contribution in [0.15, 0.2) is 30.3 Å². The predicted molar refractivity (Wildman–Crippen MR) is 80.4 cm³/mol. The van der Waals surface area contributed by atoms with Gasteiger partial charge in [0.15, 0.2) is 0 Å². The van der Waals surface area contributed by atoms with Crippen molar-refractivity contribution in [3.05, 3.63) is 41.5 Å². The van der Waals surface area contributed by atoms with E-state index in [0.717, 1.165) is 17.6 Å². The van der Waals surface area contributed by atoms with Crippen molar-refractivity contribution in [1.82, 2.24) is 5.32 Å². The molecule has 1 atom stereocenters. The van der Waals surface area contributed by atoms with Crippen LogP contribution in [0.3, 0.4) is 0 Å². The molecule has 0 heterocycles. The zero-order chi connectivity index (χ0) is 15.0. The molecule has 1 unspecified atom stereocenters. The van der Waals surface area contributed by atoms with Gasteiger partial charge in [0.1, 0.15) is 0 Å². The third kappa shape index (κ3) is 5.55. The van der Waals surface area contributed by atoms with Crippen molar-refractivity contribution in [2.24, 2.45) is 0 Å². The van der Waals surface area contributed by atoms with Gasteiger partial charge in [-0.1, -0.05) is 24.3 Å². The maximum atomic E-state index is 11.2. The Hall–Kier alpha value is -1.65. The molecule has 0 aliphatic carbocycles. The van der Waals surface area contributed by atoms with Crippen LogP contribution in [0.5, 0.6) is 0 Å². The van der Waals surface area contributed by atoms with Crippen LogP contribution in [0.25, 0.3) is 5.57 Å². The van der Waals surface area contributed by atoms with Crippen molar-refractivity contribution in [3.8, 4) is 0 Å². The third-order valence-electron chi connectivity index (χ3n) is 3.09. The molecule has 0 bridgehead atoms. The van der Waals surface area contributed by atoms with Crippen molar-refractivity contribution in [1.29, 1.82) is 0 Å². The first-order valence-electron chi connectivity index (χ1n) is 6.76. The number of methoxy groups -OCH3 is 1. The lowest BCUT2D eigenvalue weighted by atomic mass is 10.0. The minimum absolute atomic E-state index is 0.154. The van der Waals surface area contributed by atoms with E-state index in [1.54, 1.807) is 0 Å². The maximum absolute atomic E-state index is 11.2. The molecule has 0 amide bonds. The van der Waals surface area contributed by atoms with E-state index in [1.165, 1.54) is 18.7 Å². The SMILES string of the molecule is COC(=O)/C=C(\C)c1ccc(CC(C)NCCO)cc1. The van der Waals surface area contributed by atoms with Gasteiger partial charge >= 0.3 is 5.97 Å². The Kier molecular flexibility index (Phi) is 6.98. The molecular weight excluding hydrogens is 254 g/mol. The minimum atomic E-state index is -0.339. The molecule has 0 spiro atoms. The lowest BCUT2D eigenvalue weighted by Gasteiger charge is -2.13. The van der Waals surface area contributed by atoms with Gasteiger partial charge in [-0.25, -0.2) is 4.79 Å². The maximum Gasteiger partial charge on any atom is 0.330 e. The molecule has 0 aromatic heterocycles. The van der Waals surface area contributed by atoms with Gasteiger partial charge in [0.25, 0.3) is 0 Å². The number of aliphatic hydroxyl groups is 1. The summed E-state index contributed by atoms with van der Waals surface area (Å²) in [6.07, 6.45) is 2.39. The zero-order valence-corrected chi connectivity index (χ0v) is 12.3. The van der Waals surface area contributed by atoms with Crippen LogP contribution < -0.4 is 5.32 Å². The van der Waals surface area contributed by atoms with Crippen LogP contribution in [-0.2, 0) is 16.0 Å². The largest absolute Gasteiger partial charge is 0.466 e. The van der Waals surface area contributed by atoms with Gasteiger partial charge < -0.3 is 15.2 Å². The molecule has 110 valence electrons. The Morgan fingerprint density at radius 3 is 2.60 bits per heavy atom. The van der Waals surface area contributed by atoms with Crippen LogP contribution in [0, 0.1) is 0 Å². The second kappa shape index (κ2) is 8.51. The second-order valence-corrected chi connectivity index (χ2v) is 4.83. The first kappa shape index (κ1) is 16.4. The smallest absolute Gasteiger partial charge is 0.330 e.